The van der Waals surface area contributed by atoms with Crippen LogP contribution in [0.5, 0.6) is 0 Å². The third-order valence-corrected chi connectivity index (χ3v) is 1.92. The molecule has 0 fully saturated rings. The van der Waals surface area contributed by atoms with Crippen molar-refractivity contribution < 1.29 is 5.11 Å². The standard InChI is InChI=1S/C10H12ClNO/c1-2-3-9(13)6-8-4-5-10(11)12-7-8/h2,4-5,7,9,13H,1,3,6H2. The predicted octanol–water partition coefficient (Wildman–Crippen LogP) is 2.21. The highest BCUT2D eigenvalue weighted by Gasteiger charge is 2.03. The van der Waals surface area contributed by atoms with E-state index >= 15 is 0 Å². The molecule has 1 N–H and O–H groups in total. The number of nitrogens with zero attached hydrogens (tertiary/aromatic N) is 1. The van der Waals surface area contributed by atoms with Crippen LogP contribution in [0.2, 0.25) is 5.15 Å². The van der Waals surface area contributed by atoms with E-state index in [4.69, 9.17) is 11.6 Å². The molecule has 0 saturated heterocycles. The van der Waals surface area contributed by atoms with E-state index < -0.39 is 0 Å². The number of halogens is 1. The van der Waals surface area contributed by atoms with Gasteiger partial charge >= 0.3 is 0 Å². The zero-order valence-electron chi connectivity index (χ0n) is 7.28. The molecule has 0 radical (unpaired) electrons. The monoisotopic (exact) mass is 197 g/mol. The summed E-state index contributed by atoms with van der Waals surface area (Å²) in [5.41, 5.74) is 0.985. The van der Waals surface area contributed by atoms with E-state index in [0.717, 1.165) is 5.56 Å². The Bertz CT molecular complexity index is 271. The summed E-state index contributed by atoms with van der Waals surface area (Å²) in [6.45, 7) is 3.56. The van der Waals surface area contributed by atoms with E-state index in [-0.39, 0.29) is 6.10 Å². The van der Waals surface area contributed by atoms with E-state index in [1.807, 2.05) is 6.07 Å². The van der Waals surface area contributed by atoms with E-state index in [9.17, 15) is 5.11 Å². The van der Waals surface area contributed by atoms with Gasteiger partial charge in [0.05, 0.1) is 6.10 Å². The second-order valence-corrected chi connectivity index (χ2v) is 3.26. The number of aliphatic hydroxyl groups excluding tert-OH is 1. The number of hydrogen-bond donors (Lipinski definition) is 1. The Morgan fingerprint density at radius 2 is 2.38 bits per heavy atom. The van der Waals surface area contributed by atoms with Gasteiger partial charge in [-0.2, -0.15) is 0 Å². The molecule has 0 saturated carbocycles. The van der Waals surface area contributed by atoms with Crippen molar-refractivity contribution in [3.8, 4) is 0 Å². The minimum Gasteiger partial charge on any atom is -0.392 e. The maximum absolute atomic E-state index is 9.44. The van der Waals surface area contributed by atoms with E-state index in [0.29, 0.717) is 18.0 Å². The van der Waals surface area contributed by atoms with Crippen LogP contribution in [0, 0.1) is 0 Å². The van der Waals surface area contributed by atoms with Crippen LogP contribution in [0.15, 0.2) is 31.0 Å². The zero-order chi connectivity index (χ0) is 9.68. The first-order valence-electron chi connectivity index (χ1n) is 4.11. The van der Waals surface area contributed by atoms with E-state index in [1.54, 1.807) is 18.3 Å². The van der Waals surface area contributed by atoms with Crippen molar-refractivity contribution in [3.05, 3.63) is 41.7 Å². The molecule has 0 aromatic carbocycles. The molecule has 0 aliphatic rings. The molecule has 0 bridgehead atoms. The molecule has 70 valence electrons. The summed E-state index contributed by atoms with van der Waals surface area (Å²) < 4.78 is 0. The van der Waals surface area contributed by atoms with Gasteiger partial charge in [-0.3, -0.25) is 0 Å². The Morgan fingerprint density at radius 3 is 2.92 bits per heavy atom. The Kier molecular flexibility index (Phi) is 3.93. The molecule has 1 atom stereocenters. The fourth-order valence-corrected chi connectivity index (χ4v) is 1.19. The molecule has 13 heavy (non-hydrogen) atoms. The second-order valence-electron chi connectivity index (χ2n) is 2.87. The number of aliphatic hydroxyl groups is 1. The van der Waals surface area contributed by atoms with Gasteiger partial charge in [-0.1, -0.05) is 23.7 Å². The molecule has 0 aliphatic heterocycles. The lowest BCUT2D eigenvalue weighted by Crippen LogP contribution is -2.08. The van der Waals surface area contributed by atoms with Gasteiger partial charge in [0.1, 0.15) is 5.15 Å². The van der Waals surface area contributed by atoms with Gasteiger partial charge in [-0.25, -0.2) is 4.98 Å². The van der Waals surface area contributed by atoms with E-state index in [1.165, 1.54) is 0 Å². The van der Waals surface area contributed by atoms with Crippen LogP contribution in [-0.4, -0.2) is 16.2 Å². The highest BCUT2D eigenvalue weighted by molar-refractivity contribution is 6.29. The smallest absolute Gasteiger partial charge is 0.129 e. The fourth-order valence-electron chi connectivity index (χ4n) is 1.07. The largest absolute Gasteiger partial charge is 0.392 e. The van der Waals surface area contributed by atoms with Crippen molar-refractivity contribution in [2.45, 2.75) is 18.9 Å². The lowest BCUT2D eigenvalue weighted by molar-refractivity contribution is 0.178. The van der Waals surface area contributed by atoms with Crippen LogP contribution in [0.25, 0.3) is 0 Å². The summed E-state index contributed by atoms with van der Waals surface area (Å²) in [5, 5.41) is 9.91. The van der Waals surface area contributed by atoms with Gasteiger partial charge in [0.25, 0.3) is 0 Å². The molecule has 2 nitrogen and oxygen atoms in total. The third kappa shape index (κ3) is 3.57. The predicted molar refractivity (Wildman–Crippen MR) is 53.8 cm³/mol. The Hall–Kier alpha value is -0.860. The van der Waals surface area contributed by atoms with Gasteiger partial charge < -0.3 is 5.11 Å². The van der Waals surface area contributed by atoms with Gasteiger partial charge in [0.15, 0.2) is 0 Å². The van der Waals surface area contributed by atoms with Crippen molar-refractivity contribution in [1.29, 1.82) is 0 Å². The molecular weight excluding hydrogens is 186 g/mol. The Morgan fingerprint density at radius 1 is 1.62 bits per heavy atom. The molecular formula is C10H12ClNO. The molecule has 1 aromatic rings. The number of aromatic nitrogens is 1. The summed E-state index contributed by atoms with van der Waals surface area (Å²) in [7, 11) is 0. The van der Waals surface area contributed by atoms with Gasteiger partial charge in [0, 0.05) is 12.6 Å². The molecule has 0 spiro atoms. The summed E-state index contributed by atoms with van der Waals surface area (Å²) in [6.07, 6.45) is 4.20. The minimum absolute atomic E-state index is 0.375. The number of pyridine rings is 1. The van der Waals surface area contributed by atoms with Crippen molar-refractivity contribution in [3.63, 3.8) is 0 Å². The average molecular weight is 198 g/mol. The van der Waals surface area contributed by atoms with E-state index in [2.05, 4.69) is 11.6 Å². The normalized spacial score (nSPS) is 12.5. The SMILES string of the molecule is C=CCC(O)Cc1ccc(Cl)nc1. The van der Waals surface area contributed by atoms with Crippen LogP contribution in [-0.2, 0) is 6.42 Å². The molecule has 1 aromatic heterocycles. The summed E-state index contributed by atoms with van der Waals surface area (Å²) in [4.78, 5) is 3.92. The van der Waals surface area contributed by atoms with Crippen LogP contribution in [0.1, 0.15) is 12.0 Å². The van der Waals surface area contributed by atoms with Crippen LogP contribution in [0.4, 0.5) is 0 Å². The van der Waals surface area contributed by atoms with Gasteiger partial charge in [0.2, 0.25) is 0 Å². The first kappa shape index (κ1) is 10.2. The fraction of sp³-hybridized carbons (Fsp3) is 0.300. The maximum Gasteiger partial charge on any atom is 0.129 e. The molecule has 1 rings (SSSR count). The lowest BCUT2D eigenvalue weighted by Gasteiger charge is -2.06. The van der Waals surface area contributed by atoms with Crippen molar-refractivity contribution in [2.24, 2.45) is 0 Å². The van der Waals surface area contributed by atoms with Crippen LogP contribution >= 0.6 is 11.6 Å². The highest BCUT2D eigenvalue weighted by Crippen LogP contribution is 2.08. The number of hydrogen-bond acceptors (Lipinski definition) is 2. The topological polar surface area (TPSA) is 33.1 Å². The third-order valence-electron chi connectivity index (χ3n) is 1.70. The molecule has 1 unspecified atom stereocenters. The van der Waals surface area contributed by atoms with Gasteiger partial charge in [-0.15, -0.1) is 6.58 Å². The quantitative estimate of drug-likeness (QED) is 0.593. The summed E-state index contributed by atoms with van der Waals surface area (Å²) in [6, 6.07) is 3.58. The first-order chi connectivity index (χ1) is 6.22. The highest BCUT2D eigenvalue weighted by atomic mass is 35.5. The number of rotatable bonds is 4. The summed E-state index contributed by atoms with van der Waals surface area (Å²) in [5.74, 6) is 0. The summed E-state index contributed by atoms with van der Waals surface area (Å²) >= 11 is 5.62. The maximum atomic E-state index is 9.44. The second kappa shape index (κ2) is 5.00. The Balaban J connectivity index is 2.53. The zero-order valence-corrected chi connectivity index (χ0v) is 8.04. The van der Waals surface area contributed by atoms with Crippen LogP contribution in [0.3, 0.4) is 0 Å². The molecule has 3 heteroatoms. The molecule has 1 heterocycles. The molecule has 0 aliphatic carbocycles. The molecule has 0 amide bonds. The lowest BCUT2D eigenvalue weighted by atomic mass is 10.1. The van der Waals surface area contributed by atoms with Crippen molar-refractivity contribution >= 4 is 11.6 Å². The van der Waals surface area contributed by atoms with Gasteiger partial charge in [-0.05, 0) is 18.1 Å². The average Bonchev–Trinajstić information content (AvgIpc) is 2.09. The van der Waals surface area contributed by atoms with Crippen LogP contribution < -0.4 is 0 Å². The van der Waals surface area contributed by atoms with Crippen molar-refractivity contribution in [1.82, 2.24) is 4.98 Å². The Labute approximate surface area is 82.9 Å². The van der Waals surface area contributed by atoms with Crippen molar-refractivity contribution in [2.75, 3.05) is 0 Å². The minimum atomic E-state index is -0.375. The first-order valence-corrected chi connectivity index (χ1v) is 4.49.